The molecule has 9 nitrogen and oxygen atoms in total. The van der Waals surface area contributed by atoms with Crippen LogP contribution in [0.25, 0.3) is 22.6 Å². The van der Waals surface area contributed by atoms with Gasteiger partial charge in [-0.25, -0.2) is 0 Å². The van der Waals surface area contributed by atoms with Crippen molar-refractivity contribution >= 4 is 34.0 Å². The number of aromatic nitrogens is 4. The highest BCUT2D eigenvalue weighted by Gasteiger charge is 2.23. The summed E-state index contributed by atoms with van der Waals surface area (Å²) in [4.78, 5) is 26.6. The first-order valence-electron chi connectivity index (χ1n) is 11.4. The Morgan fingerprint density at radius 3 is 2.54 bits per heavy atom. The molecule has 0 saturated heterocycles. The molecule has 10 heteroatoms. The summed E-state index contributed by atoms with van der Waals surface area (Å²) in [6.45, 7) is 2.37. The fraction of sp³-hybridized carbons (Fsp3) is 0.320. The van der Waals surface area contributed by atoms with Crippen molar-refractivity contribution in [1.82, 2.24) is 20.6 Å². The summed E-state index contributed by atoms with van der Waals surface area (Å²) in [5.74, 6) is 1.14. The fourth-order valence-electron chi connectivity index (χ4n) is 3.88. The van der Waals surface area contributed by atoms with Crippen molar-refractivity contribution in [3.8, 4) is 17.3 Å². The summed E-state index contributed by atoms with van der Waals surface area (Å²) in [6.07, 6.45) is 5.37. The van der Waals surface area contributed by atoms with Gasteiger partial charge in [0.1, 0.15) is 17.0 Å². The van der Waals surface area contributed by atoms with Crippen LogP contribution in [0.15, 0.2) is 45.6 Å². The monoisotopic (exact) mass is 495 g/mol. The molecule has 35 heavy (non-hydrogen) atoms. The number of nitrogens with one attached hydrogen (secondary N) is 1. The number of alkyl halides is 1. The van der Waals surface area contributed by atoms with Gasteiger partial charge in [-0.1, -0.05) is 25.3 Å². The highest BCUT2D eigenvalue weighted by atomic mass is 35.5. The van der Waals surface area contributed by atoms with Crippen molar-refractivity contribution in [3.05, 3.63) is 63.3 Å². The number of unbranched alkanes of at least 4 members (excludes halogenated alkanes) is 4. The zero-order valence-corrected chi connectivity index (χ0v) is 20.1. The number of aromatic amines is 1. The Hall–Kier alpha value is -3.72. The molecule has 0 spiro atoms. The average molecular weight is 496 g/mol. The van der Waals surface area contributed by atoms with E-state index in [1.54, 1.807) is 43.3 Å². The van der Waals surface area contributed by atoms with Gasteiger partial charge >= 0.3 is 0 Å². The van der Waals surface area contributed by atoms with Gasteiger partial charge in [0.15, 0.2) is 5.78 Å². The number of tetrazole rings is 1. The maximum Gasteiger partial charge on any atom is 0.242 e. The molecule has 0 amide bonds. The van der Waals surface area contributed by atoms with Gasteiger partial charge in [-0.15, -0.1) is 21.8 Å². The van der Waals surface area contributed by atoms with Crippen LogP contribution >= 0.6 is 11.6 Å². The van der Waals surface area contributed by atoms with E-state index in [0.717, 1.165) is 32.1 Å². The molecule has 4 aromatic rings. The summed E-state index contributed by atoms with van der Waals surface area (Å²) >= 11 is 5.69. The number of fused-ring (bicyclic) bond motifs is 1. The van der Waals surface area contributed by atoms with E-state index in [9.17, 15) is 9.59 Å². The number of benzene rings is 2. The summed E-state index contributed by atoms with van der Waals surface area (Å²) in [5.41, 5.74) is 6.85. The van der Waals surface area contributed by atoms with Crippen LogP contribution in [0.4, 0.5) is 5.69 Å². The minimum Gasteiger partial charge on any atom is -0.494 e. The smallest absolute Gasteiger partial charge is 0.242 e. The first-order valence-corrected chi connectivity index (χ1v) is 12.0. The van der Waals surface area contributed by atoms with Crippen LogP contribution in [0, 0.1) is 6.92 Å². The number of H-pyrrole nitrogens is 1. The number of rotatable bonds is 11. The highest BCUT2D eigenvalue weighted by molar-refractivity contribution is 6.18. The predicted octanol–water partition coefficient (Wildman–Crippen LogP) is 4.66. The number of carbonyl (C=O) groups excluding carboxylic acids is 1. The summed E-state index contributed by atoms with van der Waals surface area (Å²) in [7, 11) is 0. The minimum absolute atomic E-state index is 0.000878. The number of nitrogens with two attached hydrogens (primary N) is 1. The molecule has 0 aliphatic heterocycles. The van der Waals surface area contributed by atoms with Gasteiger partial charge in [0.25, 0.3) is 0 Å². The van der Waals surface area contributed by atoms with E-state index >= 15 is 0 Å². The van der Waals surface area contributed by atoms with Gasteiger partial charge in [0.05, 0.1) is 12.0 Å². The molecule has 2 heterocycles. The Balaban J connectivity index is 1.55. The molecule has 0 aliphatic carbocycles. The lowest BCUT2D eigenvalue weighted by Crippen LogP contribution is -2.15. The third-order valence-corrected chi connectivity index (χ3v) is 6.01. The van der Waals surface area contributed by atoms with Crippen LogP contribution in [-0.4, -0.2) is 38.9 Å². The number of hydrogen-bond donors (Lipinski definition) is 2. The number of carbonyl (C=O) groups is 1. The van der Waals surface area contributed by atoms with Crippen molar-refractivity contribution < 1.29 is 13.9 Å². The van der Waals surface area contributed by atoms with Crippen LogP contribution < -0.4 is 15.9 Å². The summed E-state index contributed by atoms with van der Waals surface area (Å²) < 4.78 is 11.6. The number of ketones is 1. The molecule has 0 aliphatic rings. The topological polar surface area (TPSA) is 137 Å². The van der Waals surface area contributed by atoms with Gasteiger partial charge in [0, 0.05) is 17.0 Å². The van der Waals surface area contributed by atoms with Crippen LogP contribution in [0.3, 0.4) is 0 Å². The second-order valence-electron chi connectivity index (χ2n) is 8.20. The van der Waals surface area contributed by atoms with Crippen LogP contribution in [0.5, 0.6) is 5.75 Å². The average Bonchev–Trinajstić information content (AvgIpc) is 3.40. The Morgan fingerprint density at radius 1 is 1.09 bits per heavy atom. The second kappa shape index (κ2) is 11.1. The largest absolute Gasteiger partial charge is 0.494 e. The van der Waals surface area contributed by atoms with E-state index < -0.39 is 5.43 Å². The Kier molecular flexibility index (Phi) is 7.77. The number of hydrogen-bond acceptors (Lipinski definition) is 8. The van der Waals surface area contributed by atoms with E-state index in [0.29, 0.717) is 29.4 Å². The van der Waals surface area contributed by atoms with Crippen molar-refractivity contribution in [2.24, 2.45) is 0 Å². The third kappa shape index (κ3) is 5.35. The molecular weight excluding hydrogens is 470 g/mol. The predicted molar refractivity (Wildman–Crippen MR) is 134 cm³/mol. The molecule has 3 N–H and O–H groups in total. The second-order valence-corrected chi connectivity index (χ2v) is 8.58. The van der Waals surface area contributed by atoms with Crippen LogP contribution in [0.1, 0.15) is 53.6 Å². The quantitative estimate of drug-likeness (QED) is 0.174. The summed E-state index contributed by atoms with van der Waals surface area (Å²) in [6, 6.07) is 10.2. The van der Waals surface area contributed by atoms with Gasteiger partial charge in [-0.3, -0.25) is 9.59 Å². The van der Waals surface area contributed by atoms with E-state index in [2.05, 4.69) is 20.6 Å². The number of ether oxygens (including phenoxy) is 1. The molecule has 2 aromatic carbocycles. The first-order chi connectivity index (χ1) is 17.0. The lowest BCUT2D eigenvalue weighted by molar-refractivity contribution is 0.103. The Morgan fingerprint density at radius 2 is 1.83 bits per heavy atom. The lowest BCUT2D eigenvalue weighted by Gasteiger charge is -2.11. The first kappa shape index (κ1) is 24.4. The molecular formula is C25H26ClN5O4. The molecule has 182 valence electrons. The van der Waals surface area contributed by atoms with E-state index in [-0.39, 0.29) is 39.6 Å². The molecule has 0 bridgehead atoms. The van der Waals surface area contributed by atoms with Crippen molar-refractivity contribution in [3.63, 3.8) is 0 Å². The highest BCUT2D eigenvalue weighted by Crippen LogP contribution is 2.29. The Labute approximate surface area is 206 Å². The number of aryl methyl sites for hydroxylation is 1. The normalized spacial score (nSPS) is 11.1. The number of anilines is 1. The van der Waals surface area contributed by atoms with E-state index in [1.165, 1.54) is 0 Å². The molecule has 0 radical (unpaired) electrons. The number of nitrogens with zero attached hydrogens (tertiary/aromatic N) is 3. The van der Waals surface area contributed by atoms with Gasteiger partial charge < -0.3 is 14.9 Å². The lowest BCUT2D eigenvalue weighted by atomic mass is 9.94. The van der Waals surface area contributed by atoms with Gasteiger partial charge in [0.2, 0.25) is 17.0 Å². The van der Waals surface area contributed by atoms with Crippen molar-refractivity contribution in [2.75, 3.05) is 18.2 Å². The van der Waals surface area contributed by atoms with E-state index in [4.69, 9.17) is 26.5 Å². The molecule has 0 fully saturated rings. The SMILES string of the molecule is Cc1ccc2oc(-c3nn[nH]n3)c(N)c(=O)c2c1C(=O)c1ccc(OCCCCCCCCl)cc1. The van der Waals surface area contributed by atoms with Crippen LogP contribution in [-0.2, 0) is 0 Å². The molecule has 0 atom stereocenters. The van der Waals surface area contributed by atoms with Crippen LogP contribution in [0.2, 0.25) is 0 Å². The zero-order valence-electron chi connectivity index (χ0n) is 19.3. The maximum absolute atomic E-state index is 13.4. The standard InChI is InChI=1S/C25H26ClN5O4/c1-15-7-12-18-20(23(33)21(27)24(35-18)25-28-30-31-29-25)19(15)22(32)16-8-10-17(11-9-16)34-14-6-4-2-3-5-13-26/h7-12H,2-6,13-14,27H2,1H3,(H,28,29,30,31). The summed E-state index contributed by atoms with van der Waals surface area (Å²) in [5, 5.41) is 13.5. The zero-order chi connectivity index (χ0) is 24.8. The number of halogens is 1. The minimum atomic E-state index is -0.524. The van der Waals surface area contributed by atoms with Gasteiger partial charge in [-0.2, -0.15) is 5.21 Å². The molecule has 0 unspecified atom stereocenters. The fourth-order valence-corrected chi connectivity index (χ4v) is 4.07. The number of nitrogen functional groups attached to an aromatic ring is 1. The van der Waals surface area contributed by atoms with Crippen molar-refractivity contribution in [2.45, 2.75) is 39.0 Å². The third-order valence-electron chi connectivity index (χ3n) is 5.74. The van der Waals surface area contributed by atoms with Gasteiger partial charge in [-0.05, 0) is 60.9 Å². The molecule has 4 rings (SSSR count). The van der Waals surface area contributed by atoms with Crippen molar-refractivity contribution in [1.29, 1.82) is 0 Å². The van der Waals surface area contributed by atoms with E-state index in [1.807, 2.05) is 0 Å². The maximum atomic E-state index is 13.4. The Bertz CT molecular complexity index is 1370. The molecule has 2 aromatic heterocycles. The molecule has 0 saturated carbocycles.